The highest BCUT2D eigenvalue weighted by Crippen LogP contribution is 2.37. The molecule has 2 rings (SSSR count). The molecule has 0 saturated heterocycles. The third-order valence-corrected chi connectivity index (χ3v) is 3.14. The lowest BCUT2D eigenvalue weighted by Gasteiger charge is -2.33. The van der Waals surface area contributed by atoms with E-state index in [-0.39, 0.29) is 5.41 Å². The van der Waals surface area contributed by atoms with Crippen LogP contribution in [-0.2, 0) is 6.54 Å². The average Bonchev–Trinajstić information content (AvgIpc) is 2.50. The Bertz CT molecular complexity index is 478. The van der Waals surface area contributed by atoms with E-state index in [1.54, 1.807) is 13.0 Å². The van der Waals surface area contributed by atoms with Gasteiger partial charge in [-0.15, -0.1) is 0 Å². The molecule has 4 heteroatoms. The predicted molar refractivity (Wildman–Crippen MR) is 69.4 cm³/mol. The van der Waals surface area contributed by atoms with Crippen LogP contribution in [0.25, 0.3) is 0 Å². The van der Waals surface area contributed by atoms with E-state index in [1.165, 1.54) is 0 Å². The summed E-state index contributed by atoms with van der Waals surface area (Å²) in [7, 11) is 1.90. The number of nitrogens with zero attached hydrogens (tertiary/aromatic N) is 2. The first-order valence-corrected chi connectivity index (χ1v) is 6.17. The van der Waals surface area contributed by atoms with E-state index in [2.05, 4.69) is 20.8 Å². The molecule has 18 heavy (non-hydrogen) atoms. The van der Waals surface area contributed by atoms with E-state index >= 15 is 0 Å². The summed E-state index contributed by atoms with van der Waals surface area (Å²) in [5, 5.41) is 3.78. The quantitative estimate of drug-likeness (QED) is 0.757. The molecule has 0 spiro atoms. The lowest BCUT2D eigenvalue weighted by Crippen LogP contribution is -2.40. The first-order valence-electron chi connectivity index (χ1n) is 6.17. The molecular weight excluding hydrogens is 234 g/mol. The van der Waals surface area contributed by atoms with Crippen LogP contribution in [0.1, 0.15) is 31.9 Å². The molecule has 0 saturated carbocycles. The monoisotopic (exact) mass is 254 g/mol. The number of hydrogen-bond acceptors (Lipinski definition) is 2. The van der Waals surface area contributed by atoms with Gasteiger partial charge in [0.25, 0.3) is 0 Å². The Morgan fingerprint density at radius 3 is 2.39 bits per heavy atom. The van der Waals surface area contributed by atoms with Crippen molar-refractivity contribution >= 4 is 5.69 Å². The first kappa shape index (κ1) is 13.3. The van der Waals surface area contributed by atoms with Gasteiger partial charge in [-0.3, -0.25) is 0 Å². The van der Waals surface area contributed by atoms with Crippen molar-refractivity contribution < 1.29 is 8.78 Å². The number of benzene rings is 1. The van der Waals surface area contributed by atoms with Crippen molar-refractivity contribution in [3.8, 4) is 0 Å². The third-order valence-electron chi connectivity index (χ3n) is 3.14. The van der Waals surface area contributed by atoms with Gasteiger partial charge in [-0.2, -0.15) is 0 Å². The van der Waals surface area contributed by atoms with E-state index in [4.69, 9.17) is 0 Å². The third kappa shape index (κ3) is 2.21. The zero-order valence-corrected chi connectivity index (χ0v) is 11.6. The van der Waals surface area contributed by atoms with Crippen LogP contribution in [0.3, 0.4) is 0 Å². The van der Waals surface area contributed by atoms with E-state index in [0.29, 0.717) is 24.3 Å². The van der Waals surface area contributed by atoms with Crippen LogP contribution in [0, 0.1) is 24.0 Å². The summed E-state index contributed by atoms with van der Waals surface area (Å²) in [6, 6.07) is 1.74. The highest BCUT2D eigenvalue weighted by molar-refractivity contribution is 5.59. The van der Waals surface area contributed by atoms with Crippen molar-refractivity contribution in [2.45, 2.75) is 34.2 Å². The number of hydrazine groups is 1. The molecular formula is C14H20F2N2. The lowest BCUT2D eigenvalue weighted by molar-refractivity contribution is 0.269. The molecule has 0 bridgehead atoms. The lowest BCUT2D eigenvalue weighted by atomic mass is 9.96. The molecule has 1 aliphatic heterocycles. The van der Waals surface area contributed by atoms with Crippen LogP contribution in [0.5, 0.6) is 0 Å². The molecule has 0 radical (unpaired) electrons. The fraction of sp³-hybridized carbons (Fsp3) is 0.571. The van der Waals surface area contributed by atoms with Crippen molar-refractivity contribution in [2.75, 3.05) is 18.6 Å². The number of anilines is 1. The highest BCUT2D eigenvalue weighted by atomic mass is 19.2. The first-order chi connectivity index (χ1) is 8.20. The van der Waals surface area contributed by atoms with Crippen LogP contribution in [0.4, 0.5) is 14.5 Å². The number of halogens is 2. The van der Waals surface area contributed by atoms with Gasteiger partial charge in [0.15, 0.2) is 11.6 Å². The molecule has 0 aliphatic carbocycles. The average molecular weight is 254 g/mol. The van der Waals surface area contributed by atoms with Gasteiger partial charge in [-0.1, -0.05) is 20.8 Å². The molecule has 1 aromatic carbocycles. The minimum Gasteiger partial charge on any atom is -0.302 e. The van der Waals surface area contributed by atoms with Crippen LogP contribution in [0.2, 0.25) is 0 Å². The molecule has 0 atom stereocenters. The van der Waals surface area contributed by atoms with Crippen LogP contribution >= 0.6 is 0 Å². The second kappa shape index (κ2) is 4.19. The Morgan fingerprint density at radius 2 is 1.83 bits per heavy atom. The largest absolute Gasteiger partial charge is 0.302 e. The van der Waals surface area contributed by atoms with Gasteiger partial charge >= 0.3 is 0 Å². The van der Waals surface area contributed by atoms with Crippen molar-refractivity contribution in [3.05, 3.63) is 28.8 Å². The molecule has 0 aromatic heterocycles. The molecule has 2 nitrogen and oxygen atoms in total. The van der Waals surface area contributed by atoms with Crippen LogP contribution in [0.15, 0.2) is 6.07 Å². The zero-order valence-electron chi connectivity index (χ0n) is 11.6. The van der Waals surface area contributed by atoms with Gasteiger partial charge < -0.3 is 5.01 Å². The molecule has 0 unspecified atom stereocenters. The summed E-state index contributed by atoms with van der Waals surface area (Å²) < 4.78 is 27.8. The van der Waals surface area contributed by atoms with E-state index in [0.717, 1.165) is 5.56 Å². The Morgan fingerprint density at radius 1 is 1.22 bits per heavy atom. The van der Waals surface area contributed by atoms with Crippen molar-refractivity contribution in [3.63, 3.8) is 0 Å². The zero-order chi connectivity index (χ0) is 13.7. The topological polar surface area (TPSA) is 6.48 Å². The molecule has 100 valence electrons. The summed E-state index contributed by atoms with van der Waals surface area (Å²) >= 11 is 0. The molecule has 1 aliphatic rings. The minimum atomic E-state index is -0.733. The van der Waals surface area contributed by atoms with Crippen molar-refractivity contribution in [2.24, 2.45) is 5.41 Å². The number of aryl methyl sites for hydroxylation is 1. The number of rotatable bonds is 1. The van der Waals surface area contributed by atoms with Crippen molar-refractivity contribution in [1.29, 1.82) is 0 Å². The smallest absolute Gasteiger partial charge is 0.184 e. The number of fused-ring (bicyclic) bond motifs is 1. The molecule has 0 N–H and O–H groups in total. The maximum absolute atomic E-state index is 14.1. The predicted octanol–water partition coefficient (Wildman–Crippen LogP) is 3.49. The van der Waals surface area contributed by atoms with Gasteiger partial charge in [0, 0.05) is 20.1 Å². The van der Waals surface area contributed by atoms with Gasteiger partial charge in [-0.25, -0.2) is 13.8 Å². The maximum Gasteiger partial charge on any atom is 0.184 e. The van der Waals surface area contributed by atoms with Crippen LogP contribution < -0.4 is 5.01 Å². The summed E-state index contributed by atoms with van der Waals surface area (Å²) in [6.45, 7) is 9.15. The SMILES string of the molecule is Cc1cc2c(c(F)c1F)N(CC(C)(C)C)N(C)C2. The fourth-order valence-corrected chi connectivity index (χ4v) is 2.36. The Kier molecular flexibility index (Phi) is 3.09. The van der Waals surface area contributed by atoms with Crippen LogP contribution in [-0.4, -0.2) is 18.6 Å². The second-order valence-corrected chi connectivity index (χ2v) is 6.26. The Balaban J connectivity index is 2.48. The maximum atomic E-state index is 14.1. The highest BCUT2D eigenvalue weighted by Gasteiger charge is 2.32. The Labute approximate surface area is 107 Å². The van der Waals surface area contributed by atoms with E-state index < -0.39 is 11.6 Å². The summed E-state index contributed by atoms with van der Waals surface area (Å²) in [4.78, 5) is 0. The molecule has 0 amide bonds. The second-order valence-electron chi connectivity index (χ2n) is 6.26. The summed E-state index contributed by atoms with van der Waals surface area (Å²) in [5.74, 6) is -1.46. The summed E-state index contributed by atoms with van der Waals surface area (Å²) in [6.07, 6.45) is 0. The van der Waals surface area contributed by atoms with Gasteiger partial charge in [0.05, 0.1) is 5.69 Å². The molecule has 1 heterocycles. The van der Waals surface area contributed by atoms with E-state index in [1.807, 2.05) is 17.1 Å². The molecule has 0 fully saturated rings. The molecule has 1 aromatic rings. The van der Waals surface area contributed by atoms with Gasteiger partial charge in [-0.05, 0) is 29.5 Å². The number of hydrogen-bond donors (Lipinski definition) is 0. The van der Waals surface area contributed by atoms with Gasteiger partial charge in [0.2, 0.25) is 0 Å². The minimum absolute atomic E-state index is 0.0175. The van der Waals surface area contributed by atoms with Gasteiger partial charge in [0.1, 0.15) is 0 Å². The fourth-order valence-electron chi connectivity index (χ4n) is 2.36. The summed E-state index contributed by atoms with van der Waals surface area (Å²) in [5.41, 5.74) is 1.65. The Hall–Kier alpha value is -1.16. The van der Waals surface area contributed by atoms with E-state index in [9.17, 15) is 8.78 Å². The normalized spacial score (nSPS) is 16.3. The standard InChI is InChI=1S/C14H20F2N2/c1-9-6-10-7-17(5)18(8-14(2,3)4)13(10)12(16)11(9)15/h6H,7-8H2,1-5H3. The van der Waals surface area contributed by atoms with Crippen molar-refractivity contribution in [1.82, 2.24) is 5.01 Å².